The van der Waals surface area contributed by atoms with Gasteiger partial charge in [0.25, 0.3) is 0 Å². The fourth-order valence-electron chi connectivity index (χ4n) is 0.975. The van der Waals surface area contributed by atoms with Crippen LogP contribution in [0.3, 0.4) is 0 Å². The lowest BCUT2D eigenvalue weighted by atomic mass is 10.2. The van der Waals surface area contributed by atoms with E-state index in [1.165, 1.54) is 6.92 Å². The second-order valence-corrected chi connectivity index (χ2v) is 2.89. The Hall–Kier alpha value is -2.17. The molecule has 5 heteroatoms. The van der Waals surface area contributed by atoms with Gasteiger partial charge in [0.2, 0.25) is 11.9 Å². The highest BCUT2D eigenvalue weighted by Gasteiger charge is 1.96. The predicted molar refractivity (Wildman–Crippen MR) is 56.9 cm³/mol. The Morgan fingerprint density at radius 1 is 1.40 bits per heavy atom. The minimum Gasteiger partial charge on any atom is -0.369 e. The summed E-state index contributed by atoms with van der Waals surface area (Å²) in [5, 5.41) is 2.34. The Bertz CT molecular complexity index is 396. The third kappa shape index (κ3) is 3.60. The molecule has 15 heavy (non-hydrogen) atoms. The number of carbonyl (C=O) groups excluding carboxylic acids is 2. The van der Waals surface area contributed by atoms with Crippen LogP contribution in [0.2, 0.25) is 0 Å². The van der Waals surface area contributed by atoms with Crippen LogP contribution in [0.4, 0.5) is 5.69 Å². The van der Waals surface area contributed by atoms with Gasteiger partial charge in [-0.2, -0.15) is 0 Å². The number of nitrogens with two attached hydrogens (primary N) is 1. The summed E-state index contributed by atoms with van der Waals surface area (Å²) in [4.78, 5) is 24.9. The van der Waals surface area contributed by atoms with Crippen LogP contribution >= 0.6 is 0 Å². The van der Waals surface area contributed by atoms with Crippen molar-refractivity contribution in [3.8, 4) is 0 Å². The van der Waals surface area contributed by atoms with E-state index in [-0.39, 0.29) is 11.9 Å². The van der Waals surface area contributed by atoms with E-state index >= 15 is 0 Å². The number of nitrogens with zero attached hydrogens (tertiary/aromatic N) is 1. The van der Waals surface area contributed by atoms with Crippen LogP contribution in [-0.2, 0) is 4.79 Å². The molecule has 0 heterocycles. The Morgan fingerprint density at radius 2 is 2.00 bits per heavy atom. The van der Waals surface area contributed by atoms with Gasteiger partial charge in [-0.3, -0.25) is 14.9 Å². The van der Waals surface area contributed by atoms with E-state index in [9.17, 15) is 9.59 Å². The topological polar surface area (TPSA) is 84.6 Å². The van der Waals surface area contributed by atoms with Gasteiger partial charge in [0.05, 0.1) is 5.69 Å². The highest BCUT2D eigenvalue weighted by molar-refractivity contribution is 5.96. The molecule has 0 fully saturated rings. The summed E-state index contributed by atoms with van der Waals surface area (Å²) in [6.07, 6.45) is 0.741. The van der Waals surface area contributed by atoms with Crippen molar-refractivity contribution in [3.63, 3.8) is 0 Å². The van der Waals surface area contributed by atoms with Crippen molar-refractivity contribution in [1.82, 2.24) is 5.32 Å². The minimum atomic E-state index is -0.277. The summed E-state index contributed by atoms with van der Waals surface area (Å²) in [7, 11) is 0. The molecule has 1 aromatic carbocycles. The lowest BCUT2D eigenvalue weighted by Crippen LogP contribution is -2.34. The van der Waals surface area contributed by atoms with Crippen molar-refractivity contribution in [3.05, 3.63) is 29.8 Å². The van der Waals surface area contributed by atoms with Crippen molar-refractivity contribution in [1.29, 1.82) is 0 Å². The maximum absolute atomic E-state index is 10.6. The number of benzene rings is 1. The Balaban J connectivity index is 2.79. The Labute approximate surface area is 87.0 Å². The van der Waals surface area contributed by atoms with Crippen LogP contribution in [0.15, 0.2) is 29.3 Å². The molecule has 0 bridgehead atoms. The molecule has 0 aliphatic rings. The van der Waals surface area contributed by atoms with Crippen LogP contribution in [0.1, 0.15) is 17.3 Å². The van der Waals surface area contributed by atoms with Crippen LogP contribution in [-0.4, -0.2) is 18.2 Å². The van der Waals surface area contributed by atoms with Crippen LogP contribution < -0.4 is 11.1 Å². The zero-order chi connectivity index (χ0) is 11.3. The number of hydrogen-bond donors (Lipinski definition) is 2. The van der Waals surface area contributed by atoms with E-state index in [0.29, 0.717) is 11.3 Å². The molecular formula is C10H11N3O2. The molecule has 3 N–H and O–H groups in total. The SMILES string of the molecule is CC(=O)NC(N)=Nc1ccc(C=O)cc1. The number of amides is 1. The summed E-state index contributed by atoms with van der Waals surface area (Å²) < 4.78 is 0. The molecular weight excluding hydrogens is 194 g/mol. The number of aliphatic imine (C=N–C) groups is 1. The second kappa shape index (κ2) is 4.90. The largest absolute Gasteiger partial charge is 0.369 e. The molecule has 0 atom stereocenters. The summed E-state index contributed by atoms with van der Waals surface area (Å²) in [5.74, 6) is -0.248. The van der Waals surface area contributed by atoms with Gasteiger partial charge in [0.1, 0.15) is 6.29 Å². The average Bonchev–Trinajstić information content (AvgIpc) is 2.17. The summed E-state index contributed by atoms with van der Waals surface area (Å²) in [6, 6.07) is 6.51. The number of rotatable bonds is 2. The highest BCUT2D eigenvalue weighted by atomic mass is 16.1. The summed E-state index contributed by atoms with van der Waals surface area (Å²) >= 11 is 0. The molecule has 5 nitrogen and oxygen atoms in total. The third-order valence-corrected chi connectivity index (χ3v) is 1.58. The van der Waals surface area contributed by atoms with E-state index in [2.05, 4.69) is 10.3 Å². The first-order valence-electron chi connectivity index (χ1n) is 4.29. The second-order valence-electron chi connectivity index (χ2n) is 2.89. The smallest absolute Gasteiger partial charge is 0.223 e. The first kappa shape index (κ1) is 10.9. The zero-order valence-corrected chi connectivity index (χ0v) is 8.23. The van der Waals surface area contributed by atoms with E-state index < -0.39 is 0 Å². The molecule has 0 aliphatic heterocycles. The molecule has 0 aliphatic carbocycles. The summed E-state index contributed by atoms with van der Waals surface area (Å²) in [6.45, 7) is 1.35. The van der Waals surface area contributed by atoms with Gasteiger partial charge in [0, 0.05) is 12.5 Å². The molecule has 0 aromatic heterocycles. The molecule has 0 saturated heterocycles. The molecule has 1 amide bonds. The first-order chi connectivity index (χ1) is 7.11. The Morgan fingerprint density at radius 3 is 2.47 bits per heavy atom. The van der Waals surface area contributed by atoms with Gasteiger partial charge in [-0.05, 0) is 24.3 Å². The molecule has 1 aromatic rings. The third-order valence-electron chi connectivity index (χ3n) is 1.58. The fourth-order valence-corrected chi connectivity index (χ4v) is 0.975. The van der Waals surface area contributed by atoms with Gasteiger partial charge < -0.3 is 5.73 Å². The highest BCUT2D eigenvalue weighted by Crippen LogP contribution is 2.11. The van der Waals surface area contributed by atoms with Crippen molar-refractivity contribution in [2.45, 2.75) is 6.92 Å². The van der Waals surface area contributed by atoms with Crippen molar-refractivity contribution < 1.29 is 9.59 Å². The minimum absolute atomic E-state index is 0.0290. The van der Waals surface area contributed by atoms with E-state index in [1.54, 1.807) is 24.3 Å². The van der Waals surface area contributed by atoms with Crippen LogP contribution in [0.5, 0.6) is 0 Å². The normalized spacial score (nSPS) is 10.9. The molecule has 0 saturated carbocycles. The lowest BCUT2D eigenvalue weighted by Gasteiger charge is -2.00. The molecule has 0 spiro atoms. The average molecular weight is 205 g/mol. The number of guanidine groups is 1. The lowest BCUT2D eigenvalue weighted by molar-refractivity contribution is -0.117. The van der Waals surface area contributed by atoms with Crippen LogP contribution in [0.25, 0.3) is 0 Å². The molecule has 1 rings (SSSR count). The van der Waals surface area contributed by atoms with E-state index in [0.717, 1.165) is 6.29 Å². The Kier molecular flexibility index (Phi) is 3.56. The number of hydrogen-bond acceptors (Lipinski definition) is 3. The number of carbonyl (C=O) groups is 2. The quantitative estimate of drug-likeness (QED) is 0.421. The molecule has 0 unspecified atom stereocenters. The van der Waals surface area contributed by atoms with Crippen molar-refractivity contribution >= 4 is 23.8 Å². The maximum Gasteiger partial charge on any atom is 0.223 e. The first-order valence-corrected chi connectivity index (χ1v) is 4.29. The number of nitrogens with one attached hydrogen (secondary N) is 1. The standard InChI is InChI=1S/C10H11N3O2/c1-7(15)12-10(11)13-9-4-2-8(6-14)3-5-9/h2-6H,1H3,(H3,11,12,13,15). The number of aldehydes is 1. The zero-order valence-electron chi connectivity index (χ0n) is 8.23. The summed E-state index contributed by atoms with van der Waals surface area (Å²) in [5.41, 5.74) is 6.56. The van der Waals surface area contributed by atoms with E-state index in [4.69, 9.17) is 5.73 Å². The predicted octanol–water partition coefficient (Wildman–Crippen LogP) is 0.581. The molecule has 78 valence electrons. The van der Waals surface area contributed by atoms with Crippen LogP contribution in [0, 0.1) is 0 Å². The fraction of sp³-hybridized carbons (Fsp3) is 0.100. The van der Waals surface area contributed by atoms with Gasteiger partial charge in [-0.1, -0.05) is 0 Å². The molecule has 0 radical (unpaired) electrons. The van der Waals surface area contributed by atoms with Crippen molar-refractivity contribution in [2.75, 3.05) is 0 Å². The van der Waals surface area contributed by atoms with Crippen molar-refractivity contribution in [2.24, 2.45) is 10.7 Å². The van der Waals surface area contributed by atoms with Gasteiger partial charge in [-0.15, -0.1) is 0 Å². The van der Waals surface area contributed by atoms with Gasteiger partial charge >= 0.3 is 0 Å². The van der Waals surface area contributed by atoms with Gasteiger partial charge in [0.15, 0.2) is 0 Å². The van der Waals surface area contributed by atoms with Gasteiger partial charge in [-0.25, -0.2) is 4.99 Å². The monoisotopic (exact) mass is 205 g/mol. The maximum atomic E-state index is 10.6. The van der Waals surface area contributed by atoms with E-state index in [1.807, 2.05) is 0 Å².